The summed E-state index contributed by atoms with van der Waals surface area (Å²) in [7, 11) is -0.728. The fourth-order valence-corrected chi connectivity index (χ4v) is 2.71. The molecule has 0 aliphatic carbocycles. The minimum absolute atomic E-state index is 0.659. The second kappa shape index (κ2) is 5.36. The van der Waals surface area contributed by atoms with Crippen LogP contribution in [0.5, 0.6) is 0 Å². The number of aromatic nitrogens is 2. The second-order valence-electron chi connectivity index (χ2n) is 3.22. The maximum Gasteiger partial charge on any atom is 0.138 e. The summed E-state index contributed by atoms with van der Waals surface area (Å²) in [5.41, 5.74) is 0. The molecule has 0 amide bonds. The van der Waals surface area contributed by atoms with E-state index in [0.717, 1.165) is 16.0 Å². The molecule has 2 heterocycles. The summed E-state index contributed by atoms with van der Waals surface area (Å²) in [6.07, 6.45) is 1.55. The van der Waals surface area contributed by atoms with Gasteiger partial charge in [0.2, 0.25) is 0 Å². The Hall–Kier alpha value is -1.01. The van der Waals surface area contributed by atoms with E-state index in [4.69, 9.17) is 0 Å². The first-order chi connectivity index (χ1) is 7.81. The largest absolute Gasteiger partial charge is 0.369 e. The minimum atomic E-state index is -0.728. The molecule has 6 heteroatoms. The van der Waals surface area contributed by atoms with Crippen molar-refractivity contribution < 1.29 is 4.21 Å². The molecule has 1 N–H and O–H groups in total. The van der Waals surface area contributed by atoms with Crippen LogP contribution in [-0.4, -0.2) is 32.2 Å². The lowest BCUT2D eigenvalue weighted by Gasteiger charge is -2.05. The molecule has 4 nitrogen and oxygen atoms in total. The van der Waals surface area contributed by atoms with Gasteiger partial charge in [-0.25, -0.2) is 9.97 Å². The molecule has 16 heavy (non-hydrogen) atoms. The van der Waals surface area contributed by atoms with Crippen molar-refractivity contribution in [1.29, 1.82) is 0 Å². The van der Waals surface area contributed by atoms with E-state index in [-0.39, 0.29) is 0 Å². The predicted octanol–water partition coefficient (Wildman–Crippen LogP) is 1.87. The van der Waals surface area contributed by atoms with Crippen molar-refractivity contribution in [3.8, 4) is 0 Å². The van der Waals surface area contributed by atoms with Crippen molar-refractivity contribution in [1.82, 2.24) is 9.97 Å². The molecule has 1 atom stereocenters. The van der Waals surface area contributed by atoms with Crippen LogP contribution in [-0.2, 0) is 10.8 Å². The van der Waals surface area contributed by atoms with Gasteiger partial charge in [-0.2, -0.15) is 0 Å². The quantitative estimate of drug-likeness (QED) is 0.886. The zero-order valence-electron chi connectivity index (χ0n) is 8.97. The molecule has 2 aromatic rings. The number of hydrogen-bond acceptors (Lipinski definition) is 5. The third-order valence-electron chi connectivity index (χ3n) is 2.21. The smallest absolute Gasteiger partial charge is 0.138 e. The average Bonchev–Trinajstić information content (AvgIpc) is 2.77. The van der Waals surface area contributed by atoms with Crippen LogP contribution in [0.25, 0.3) is 10.2 Å². The number of fused-ring (bicyclic) bond motifs is 1. The third-order valence-corrected chi connectivity index (χ3v) is 4.33. The SMILES string of the molecule is CCS(=O)CCNc1ncnc2sccc12. The van der Waals surface area contributed by atoms with Crippen molar-refractivity contribution in [2.45, 2.75) is 6.92 Å². The van der Waals surface area contributed by atoms with Gasteiger partial charge in [0, 0.05) is 28.9 Å². The molecule has 86 valence electrons. The van der Waals surface area contributed by atoms with Gasteiger partial charge < -0.3 is 5.32 Å². The number of hydrogen-bond donors (Lipinski definition) is 1. The van der Waals surface area contributed by atoms with Crippen molar-refractivity contribution >= 4 is 38.2 Å². The Balaban J connectivity index is 2.04. The molecule has 0 saturated heterocycles. The summed E-state index contributed by atoms with van der Waals surface area (Å²) in [4.78, 5) is 9.34. The van der Waals surface area contributed by atoms with Gasteiger partial charge >= 0.3 is 0 Å². The van der Waals surface area contributed by atoms with Gasteiger partial charge in [0.25, 0.3) is 0 Å². The Labute approximate surface area is 101 Å². The van der Waals surface area contributed by atoms with Gasteiger partial charge in [0.15, 0.2) is 0 Å². The second-order valence-corrected chi connectivity index (χ2v) is 5.98. The first-order valence-electron chi connectivity index (χ1n) is 5.08. The van der Waals surface area contributed by atoms with Crippen LogP contribution < -0.4 is 5.32 Å². The summed E-state index contributed by atoms with van der Waals surface area (Å²) < 4.78 is 11.3. The Bertz CT molecular complexity index is 498. The zero-order chi connectivity index (χ0) is 11.4. The lowest BCUT2D eigenvalue weighted by Crippen LogP contribution is -2.12. The molecule has 0 radical (unpaired) electrons. The Morgan fingerprint density at radius 1 is 1.50 bits per heavy atom. The van der Waals surface area contributed by atoms with E-state index in [9.17, 15) is 4.21 Å². The highest BCUT2D eigenvalue weighted by atomic mass is 32.2. The van der Waals surface area contributed by atoms with Crippen molar-refractivity contribution in [3.05, 3.63) is 17.8 Å². The van der Waals surface area contributed by atoms with E-state index in [1.807, 2.05) is 18.4 Å². The first kappa shape index (κ1) is 11.5. The summed E-state index contributed by atoms with van der Waals surface area (Å²) >= 11 is 1.59. The topological polar surface area (TPSA) is 54.9 Å². The van der Waals surface area contributed by atoms with Crippen LogP contribution in [0.4, 0.5) is 5.82 Å². The van der Waals surface area contributed by atoms with Crippen molar-refractivity contribution in [2.24, 2.45) is 0 Å². The average molecular weight is 255 g/mol. The Kier molecular flexibility index (Phi) is 3.84. The number of anilines is 1. The highest BCUT2D eigenvalue weighted by Gasteiger charge is 2.04. The van der Waals surface area contributed by atoms with Crippen LogP contribution in [0.2, 0.25) is 0 Å². The van der Waals surface area contributed by atoms with E-state index in [2.05, 4.69) is 15.3 Å². The first-order valence-corrected chi connectivity index (χ1v) is 7.45. The van der Waals surface area contributed by atoms with Crippen LogP contribution in [0.3, 0.4) is 0 Å². The van der Waals surface area contributed by atoms with Crippen molar-refractivity contribution in [3.63, 3.8) is 0 Å². The van der Waals surface area contributed by atoms with E-state index >= 15 is 0 Å². The Morgan fingerprint density at radius 2 is 2.38 bits per heavy atom. The fraction of sp³-hybridized carbons (Fsp3) is 0.400. The van der Waals surface area contributed by atoms with Gasteiger partial charge in [-0.3, -0.25) is 4.21 Å². The summed E-state index contributed by atoms with van der Waals surface area (Å²) in [6.45, 7) is 2.61. The Morgan fingerprint density at radius 3 is 3.19 bits per heavy atom. The van der Waals surface area contributed by atoms with E-state index in [1.54, 1.807) is 17.7 Å². The molecule has 0 bridgehead atoms. The molecule has 0 spiro atoms. The number of nitrogens with one attached hydrogen (secondary N) is 1. The molecule has 0 saturated carbocycles. The highest BCUT2D eigenvalue weighted by molar-refractivity contribution is 7.84. The summed E-state index contributed by atoms with van der Waals surface area (Å²) in [5.74, 6) is 2.20. The summed E-state index contributed by atoms with van der Waals surface area (Å²) in [5, 5.41) is 6.23. The van der Waals surface area contributed by atoms with Crippen LogP contribution in [0.1, 0.15) is 6.92 Å². The maximum absolute atomic E-state index is 11.3. The normalized spacial score (nSPS) is 12.8. The van der Waals surface area contributed by atoms with Gasteiger partial charge in [-0.1, -0.05) is 6.92 Å². The fourth-order valence-electron chi connectivity index (χ4n) is 1.36. The van der Waals surface area contributed by atoms with Gasteiger partial charge in [-0.05, 0) is 11.4 Å². The monoisotopic (exact) mass is 255 g/mol. The molecule has 0 aliphatic rings. The molecule has 0 fully saturated rings. The molecule has 2 rings (SSSR count). The maximum atomic E-state index is 11.3. The van der Waals surface area contributed by atoms with Gasteiger partial charge in [0.1, 0.15) is 17.0 Å². The van der Waals surface area contributed by atoms with Crippen molar-refractivity contribution in [2.75, 3.05) is 23.4 Å². The third kappa shape index (κ3) is 2.56. The number of thiophene rings is 1. The molecular weight excluding hydrogens is 242 g/mol. The minimum Gasteiger partial charge on any atom is -0.369 e. The number of rotatable bonds is 5. The van der Waals surface area contributed by atoms with E-state index in [1.165, 1.54) is 0 Å². The molecular formula is C10H13N3OS2. The van der Waals surface area contributed by atoms with E-state index in [0.29, 0.717) is 18.1 Å². The highest BCUT2D eigenvalue weighted by Crippen LogP contribution is 2.23. The van der Waals surface area contributed by atoms with Gasteiger partial charge in [0.05, 0.1) is 5.39 Å². The standard InChI is InChI=1S/C10H13N3OS2/c1-2-16(14)6-4-11-9-8-3-5-15-10(8)13-7-12-9/h3,5,7H,2,4,6H2,1H3,(H,11,12,13). The van der Waals surface area contributed by atoms with Crippen LogP contribution in [0, 0.1) is 0 Å². The van der Waals surface area contributed by atoms with Crippen LogP contribution >= 0.6 is 11.3 Å². The van der Waals surface area contributed by atoms with Crippen LogP contribution in [0.15, 0.2) is 17.8 Å². The zero-order valence-corrected chi connectivity index (χ0v) is 10.6. The molecule has 2 aromatic heterocycles. The number of nitrogens with zero attached hydrogens (tertiary/aromatic N) is 2. The summed E-state index contributed by atoms with van der Waals surface area (Å²) in [6, 6.07) is 2.00. The molecule has 0 aliphatic heterocycles. The molecule has 1 unspecified atom stereocenters. The molecule has 0 aromatic carbocycles. The predicted molar refractivity (Wildman–Crippen MR) is 69.5 cm³/mol. The van der Waals surface area contributed by atoms with E-state index < -0.39 is 10.8 Å². The lowest BCUT2D eigenvalue weighted by atomic mass is 10.4. The lowest BCUT2D eigenvalue weighted by molar-refractivity contribution is 0.684. The van der Waals surface area contributed by atoms with Gasteiger partial charge in [-0.15, -0.1) is 11.3 Å².